The summed E-state index contributed by atoms with van der Waals surface area (Å²) in [6.45, 7) is 12.6. The lowest BCUT2D eigenvalue weighted by Crippen LogP contribution is -2.16. The van der Waals surface area contributed by atoms with Gasteiger partial charge < -0.3 is 5.11 Å². The van der Waals surface area contributed by atoms with Crippen LogP contribution in [0.4, 0.5) is 5.69 Å². The van der Waals surface area contributed by atoms with E-state index in [1.165, 1.54) is 0 Å². The number of phenolic OH excluding ortho intramolecular Hbond substituents is 1. The smallest absolute Gasteiger partial charge is 0.123 e. The van der Waals surface area contributed by atoms with E-state index in [0.29, 0.717) is 5.75 Å². The van der Waals surface area contributed by atoms with Crippen molar-refractivity contribution in [3.63, 3.8) is 0 Å². The van der Waals surface area contributed by atoms with Crippen molar-refractivity contribution in [1.29, 1.82) is 0 Å². The number of halogens is 1. The quantitative estimate of drug-likeness (QED) is 0.585. The third kappa shape index (κ3) is 4.27. The van der Waals surface area contributed by atoms with Crippen LogP contribution in [0.25, 0.3) is 0 Å². The third-order valence-electron chi connectivity index (χ3n) is 3.97. The van der Waals surface area contributed by atoms with Crippen molar-refractivity contribution in [2.75, 3.05) is 0 Å². The molecule has 0 spiro atoms. The average molecular weight is 388 g/mol. The van der Waals surface area contributed by atoms with Gasteiger partial charge >= 0.3 is 0 Å². The molecule has 2 aromatic rings. The highest BCUT2D eigenvalue weighted by Crippen LogP contribution is 2.41. The summed E-state index contributed by atoms with van der Waals surface area (Å²) in [5.74, 6) is 0.384. The van der Waals surface area contributed by atoms with Gasteiger partial charge in [-0.1, -0.05) is 75.7 Å². The summed E-state index contributed by atoms with van der Waals surface area (Å²) in [4.78, 5) is 4.66. The first kappa shape index (κ1) is 18.7. The average Bonchev–Trinajstić information content (AvgIpc) is 2.45. The van der Waals surface area contributed by atoms with Crippen molar-refractivity contribution in [3.05, 3.63) is 57.6 Å². The Kier molecular flexibility index (Phi) is 5.24. The molecule has 0 aliphatic rings. The molecule has 0 amide bonds. The molecule has 2 aromatic carbocycles. The van der Waals surface area contributed by atoms with E-state index in [1.807, 2.05) is 42.6 Å². The molecule has 1 N–H and O–H groups in total. The Bertz CT molecular complexity index is 729. The first-order valence-corrected chi connectivity index (χ1v) is 8.96. The number of aliphatic imine (C=N–C) groups is 1. The van der Waals surface area contributed by atoms with E-state index < -0.39 is 0 Å². The number of phenols is 1. The van der Waals surface area contributed by atoms with Gasteiger partial charge in [0, 0.05) is 27.4 Å². The Morgan fingerprint density at radius 2 is 1.42 bits per heavy atom. The summed E-state index contributed by atoms with van der Waals surface area (Å²) in [7, 11) is 0. The van der Waals surface area contributed by atoms with Crippen LogP contribution in [0.1, 0.15) is 58.2 Å². The summed E-state index contributed by atoms with van der Waals surface area (Å²) in [6.07, 6.45) is 1.86. The lowest BCUT2D eigenvalue weighted by Gasteiger charge is -2.27. The van der Waals surface area contributed by atoms with Crippen molar-refractivity contribution >= 4 is 27.8 Å². The molecule has 0 aromatic heterocycles. The Morgan fingerprint density at radius 1 is 0.917 bits per heavy atom. The van der Waals surface area contributed by atoms with Gasteiger partial charge in [-0.15, -0.1) is 0 Å². The van der Waals surface area contributed by atoms with Crippen LogP contribution in [0.3, 0.4) is 0 Å². The van der Waals surface area contributed by atoms with E-state index >= 15 is 0 Å². The number of aromatic hydroxyl groups is 1. The SMILES string of the molecule is CC(C)(C)c1cc(N=Cc2ccccc2Br)cc(C(C)(C)C)c1O. The molecule has 24 heavy (non-hydrogen) atoms. The standard InChI is InChI=1S/C21H26BrNO/c1-20(2,3)16-11-15(12-17(19(16)24)21(4,5)6)23-13-14-9-7-8-10-18(14)22/h7-13,24H,1-6H3. The monoisotopic (exact) mass is 387 g/mol. The summed E-state index contributed by atoms with van der Waals surface area (Å²) in [6, 6.07) is 12.0. The van der Waals surface area contributed by atoms with Crippen LogP contribution in [-0.2, 0) is 10.8 Å². The Morgan fingerprint density at radius 3 is 1.88 bits per heavy atom. The molecular weight excluding hydrogens is 362 g/mol. The molecule has 0 atom stereocenters. The number of nitrogens with zero attached hydrogens (tertiary/aromatic N) is 1. The minimum absolute atomic E-state index is 0.150. The van der Waals surface area contributed by atoms with Gasteiger partial charge in [0.2, 0.25) is 0 Å². The summed E-state index contributed by atoms with van der Waals surface area (Å²) in [5.41, 5.74) is 3.44. The fourth-order valence-electron chi connectivity index (χ4n) is 2.56. The molecule has 0 aliphatic carbocycles. The summed E-state index contributed by atoms with van der Waals surface area (Å²) < 4.78 is 1.01. The van der Waals surface area contributed by atoms with Crippen LogP contribution in [0, 0.1) is 0 Å². The van der Waals surface area contributed by atoms with Gasteiger partial charge in [0.1, 0.15) is 5.75 Å². The predicted octanol–water partition coefficient (Wildman–Crippen LogP) is 6.50. The zero-order valence-electron chi connectivity index (χ0n) is 15.3. The lowest BCUT2D eigenvalue weighted by atomic mass is 9.79. The Balaban J connectivity index is 2.57. The normalized spacial score (nSPS) is 12.8. The van der Waals surface area contributed by atoms with Crippen molar-refractivity contribution in [3.8, 4) is 5.75 Å². The fourth-order valence-corrected chi connectivity index (χ4v) is 2.95. The molecule has 0 bridgehead atoms. The molecule has 3 heteroatoms. The first-order valence-electron chi connectivity index (χ1n) is 8.17. The lowest BCUT2D eigenvalue weighted by molar-refractivity contribution is 0.423. The van der Waals surface area contributed by atoms with E-state index in [1.54, 1.807) is 0 Å². The second-order valence-corrected chi connectivity index (χ2v) is 9.02. The molecule has 128 valence electrons. The Hall–Kier alpha value is -1.61. The van der Waals surface area contributed by atoms with Gasteiger partial charge in [0.25, 0.3) is 0 Å². The maximum atomic E-state index is 10.8. The van der Waals surface area contributed by atoms with Crippen LogP contribution in [0.5, 0.6) is 5.75 Å². The van der Waals surface area contributed by atoms with Gasteiger partial charge in [-0.25, -0.2) is 0 Å². The van der Waals surface area contributed by atoms with Crippen molar-refractivity contribution < 1.29 is 5.11 Å². The minimum atomic E-state index is -0.150. The van der Waals surface area contributed by atoms with Crippen LogP contribution in [0.2, 0.25) is 0 Å². The van der Waals surface area contributed by atoms with E-state index in [4.69, 9.17) is 0 Å². The second-order valence-electron chi connectivity index (χ2n) is 8.17. The van der Waals surface area contributed by atoms with Crippen LogP contribution >= 0.6 is 15.9 Å². The highest BCUT2D eigenvalue weighted by atomic mass is 79.9. The van der Waals surface area contributed by atoms with E-state index in [0.717, 1.165) is 26.9 Å². The number of rotatable bonds is 2. The second kappa shape index (κ2) is 6.72. The minimum Gasteiger partial charge on any atom is -0.507 e. The molecule has 0 saturated heterocycles. The molecule has 0 saturated carbocycles. The zero-order valence-corrected chi connectivity index (χ0v) is 16.9. The predicted molar refractivity (Wildman–Crippen MR) is 107 cm³/mol. The molecule has 0 radical (unpaired) electrons. The molecule has 2 nitrogen and oxygen atoms in total. The Labute approximate surface area is 153 Å². The molecule has 0 heterocycles. The van der Waals surface area contributed by atoms with Gasteiger partial charge in [0.15, 0.2) is 0 Å². The van der Waals surface area contributed by atoms with Crippen molar-refractivity contribution in [2.24, 2.45) is 4.99 Å². The van der Waals surface area contributed by atoms with Gasteiger partial charge in [-0.3, -0.25) is 4.99 Å². The maximum absolute atomic E-state index is 10.8. The van der Waals surface area contributed by atoms with Crippen LogP contribution < -0.4 is 0 Å². The summed E-state index contributed by atoms with van der Waals surface area (Å²) in [5, 5.41) is 10.8. The highest BCUT2D eigenvalue weighted by Gasteiger charge is 2.26. The first-order chi connectivity index (χ1) is 11.0. The van der Waals surface area contributed by atoms with Crippen LogP contribution in [-0.4, -0.2) is 11.3 Å². The zero-order chi connectivity index (χ0) is 18.1. The third-order valence-corrected chi connectivity index (χ3v) is 4.69. The number of hydrogen-bond acceptors (Lipinski definition) is 2. The molecule has 2 rings (SSSR count). The van der Waals surface area contributed by atoms with Crippen molar-refractivity contribution in [1.82, 2.24) is 0 Å². The van der Waals surface area contributed by atoms with Crippen LogP contribution in [0.15, 0.2) is 45.9 Å². The van der Waals surface area contributed by atoms with Gasteiger partial charge in [0.05, 0.1) is 5.69 Å². The highest BCUT2D eigenvalue weighted by molar-refractivity contribution is 9.10. The largest absolute Gasteiger partial charge is 0.507 e. The molecular formula is C21H26BrNO. The number of benzene rings is 2. The maximum Gasteiger partial charge on any atom is 0.123 e. The van der Waals surface area contributed by atoms with Gasteiger partial charge in [-0.05, 0) is 29.0 Å². The molecule has 0 unspecified atom stereocenters. The van der Waals surface area contributed by atoms with E-state index in [2.05, 4.69) is 62.5 Å². The summed E-state index contributed by atoms with van der Waals surface area (Å²) >= 11 is 3.54. The number of hydrogen-bond donors (Lipinski definition) is 1. The molecule has 0 fully saturated rings. The van der Waals surface area contributed by atoms with Gasteiger partial charge in [-0.2, -0.15) is 0 Å². The van der Waals surface area contributed by atoms with E-state index in [9.17, 15) is 5.11 Å². The topological polar surface area (TPSA) is 32.6 Å². The van der Waals surface area contributed by atoms with Crippen molar-refractivity contribution in [2.45, 2.75) is 52.4 Å². The fraction of sp³-hybridized carbons (Fsp3) is 0.381. The van der Waals surface area contributed by atoms with E-state index in [-0.39, 0.29) is 10.8 Å². The molecule has 0 aliphatic heterocycles.